The summed E-state index contributed by atoms with van der Waals surface area (Å²) < 4.78 is 3.46. The van der Waals surface area contributed by atoms with Crippen molar-refractivity contribution in [3.8, 4) is 11.5 Å². The van der Waals surface area contributed by atoms with Crippen LogP contribution in [0, 0.1) is 0 Å². The van der Waals surface area contributed by atoms with Crippen LogP contribution in [0.2, 0.25) is 0 Å². The van der Waals surface area contributed by atoms with Crippen LogP contribution in [0.1, 0.15) is 24.1 Å². The molecule has 0 spiro atoms. The lowest BCUT2D eigenvalue weighted by molar-refractivity contribution is 0.462. The van der Waals surface area contributed by atoms with E-state index in [4.69, 9.17) is 0 Å². The van der Waals surface area contributed by atoms with Gasteiger partial charge in [-0.25, -0.2) is 0 Å². The molecule has 3 aromatic rings. The van der Waals surface area contributed by atoms with Gasteiger partial charge in [0.1, 0.15) is 0 Å². The zero-order valence-electron chi connectivity index (χ0n) is 12.3. The monoisotopic (exact) mass is 298 g/mol. The Morgan fingerprint density at radius 1 is 1.00 bits per heavy atom. The van der Waals surface area contributed by atoms with Gasteiger partial charge in [0, 0.05) is 0 Å². The largest absolute Gasteiger partial charge is 0.505 e. The summed E-state index contributed by atoms with van der Waals surface area (Å²) >= 11 is 0. The van der Waals surface area contributed by atoms with Gasteiger partial charge in [0.25, 0.3) is 0 Å². The van der Waals surface area contributed by atoms with Crippen LogP contribution in [-0.2, 0) is 13.0 Å². The Balaban J connectivity index is 1.79. The summed E-state index contributed by atoms with van der Waals surface area (Å²) in [6.07, 6.45) is 6.89. The standard InChI is InChI=1S/C16H18N4O2/c1-12(20-11-16(22)8-18-20)6-13-4-2-3-5-14(13)9-19-10-15(21)7-17-19/h2-5,7-8,10-12,21-22H,6,9H2,1H3. The summed E-state index contributed by atoms with van der Waals surface area (Å²) in [5.74, 6) is 0.338. The highest BCUT2D eigenvalue weighted by Gasteiger charge is 2.11. The van der Waals surface area contributed by atoms with Crippen molar-refractivity contribution in [3.63, 3.8) is 0 Å². The average molecular weight is 298 g/mol. The van der Waals surface area contributed by atoms with Gasteiger partial charge >= 0.3 is 0 Å². The van der Waals surface area contributed by atoms with Crippen LogP contribution in [0.4, 0.5) is 0 Å². The maximum absolute atomic E-state index is 9.40. The third-order valence-corrected chi connectivity index (χ3v) is 3.63. The van der Waals surface area contributed by atoms with E-state index in [0.29, 0.717) is 6.54 Å². The Kier molecular flexibility index (Phi) is 3.82. The van der Waals surface area contributed by atoms with Crippen molar-refractivity contribution in [1.29, 1.82) is 0 Å². The number of hydrogen-bond donors (Lipinski definition) is 2. The zero-order valence-corrected chi connectivity index (χ0v) is 12.3. The minimum atomic E-state index is 0.132. The normalized spacial score (nSPS) is 12.4. The molecule has 3 rings (SSSR count). The molecule has 6 nitrogen and oxygen atoms in total. The maximum Gasteiger partial charge on any atom is 0.153 e. The van der Waals surface area contributed by atoms with Gasteiger partial charge in [-0.1, -0.05) is 24.3 Å². The first-order valence-corrected chi connectivity index (χ1v) is 7.13. The Hall–Kier alpha value is -2.76. The van der Waals surface area contributed by atoms with Crippen molar-refractivity contribution in [2.45, 2.75) is 25.9 Å². The molecule has 2 N–H and O–H groups in total. The second kappa shape index (κ2) is 5.93. The number of rotatable bonds is 5. The predicted octanol–water partition coefficient (Wildman–Crippen LogP) is 2.34. The number of nitrogens with zero attached hydrogens (tertiary/aromatic N) is 4. The fourth-order valence-electron chi connectivity index (χ4n) is 2.51. The lowest BCUT2D eigenvalue weighted by Crippen LogP contribution is -2.11. The Morgan fingerprint density at radius 2 is 1.68 bits per heavy atom. The minimum absolute atomic E-state index is 0.132. The van der Waals surface area contributed by atoms with Crippen LogP contribution in [0.3, 0.4) is 0 Å². The highest BCUT2D eigenvalue weighted by Crippen LogP contribution is 2.20. The first-order valence-electron chi connectivity index (χ1n) is 7.13. The molecule has 0 fully saturated rings. The fraction of sp³-hybridized carbons (Fsp3) is 0.250. The molecule has 1 unspecified atom stereocenters. The molecular formula is C16H18N4O2. The van der Waals surface area contributed by atoms with E-state index in [9.17, 15) is 10.2 Å². The van der Waals surface area contributed by atoms with Gasteiger partial charge < -0.3 is 10.2 Å². The Labute approximate surface area is 128 Å². The molecule has 2 heterocycles. The van der Waals surface area contributed by atoms with Gasteiger partial charge in [0.15, 0.2) is 11.5 Å². The highest BCUT2D eigenvalue weighted by molar-refractivity contribution is 5.28. The van der Waals surface area contributed by atoms with Crippen LogP contribution in [-0.4, -0.2) is 29.8 Å². The predicted molar refractivity (Wildman–Crippen MR) is 81.7 cm³/mol. The van der Waals surface area contributed by atoms with Gasteiger partial charge in [-0.05, 0) is 24.5 Å². The van der Waals surface area contributed by atoms with E-state index < -0.39 is 0 Å². The SMILES string of the molecule is CC(Cc1ccccc1Cn1cc(O)cn1)n1cc(O)cn1. The van der Waals surface area contributed by atoms with E-state index in [1.54, 1.807) is 21.8 Å². The minimum Gasteiger partial charge on any atom is -0.505 e. The van der Waals surface area contributed by atoms with Gasteiger partial charge in [0.05, 0.1) is 37.4 Å². The summed E-state index contributed by atoms with van der Waals surface area (Å²) in [6, 6.07) is 8.27. The van der Waals surface area contributed by atoms with Gasteiger partial charge in [-0.2, -0.15) is 10.2 Å². The smallest absolute Gasteiger partial charge is 0.153 e. The molecule has 0 aliphatic heterocycles. The van der Waals surface area contributed by atoms with E-state index in [0.717, 1.165) is 12.0 Å². The molecule has 1 atom stereocenters. The topological polar surface area (TPSA) is 76.1 Å². The first kappa shape index (κ1) is 14.2. The molecule has 0 aliphatic carbocycles. The number of aromatic hydroxyl groups is 2. The zero-order chi connectivity index (χ0) is 15.5. The van der Waals surface area contributed by atoms with E-state index in [2.05, 4.69) is 29.3 Å². The molecule has 0 saturated carbocycles. The van der Waals surface area contributed by atoms with Crippen LogP contribution < -0.4 is 0 Å². The third kappa shape index (κ3) is 3.11. The molecule has 1 aromatic carbocycles. The van der Waals surface area contributed by atoms with E-state index in [-0.39, 0.29) is 17.5 Å². The second-order valence-electron chi connectivity index (χ2n) is 5.40. The Bertz CT molecular complexity index is 763. The van der Waals surface area contributed by atoms with Gasteiger partial charge in [-0.15, -0.1) is 0 Å². The molecule has 6 heteroatoms. The lowest BCUT2D eigenvalue weighted by atomic mass is 10.0. The van der Waals surface area contributed by atoms with Crippen molar-refractivity contribution >= 4 is 0 Å². The fourth-order valence-corrected chi connectivity index (χ4v) is 2.51. The Morgan fingerprint density at radius 3 is 2.32 bits per heavy atom. The molecule has 114 valence electrons. The summed E-state index contributed by atoms with van der Waals surface area (Å²) in [5.41, 5.74) is 2.34. The molecule has 0 saturated heterocycles. The second-order valence-corrected chi connectivity index (χ2v) is 5.40. The van der Waals surface area contributed by atoms with Crippen LogP contribution in [0.25, 0.3) is 0 Å². The lowest BCUT2D eigenvalue weighted by Gasteiger charge is -2.15. The van der Waals surface area contributed by atoms with Crippen molar-refractivity contribution in [1.82, 2.24) is 19.6 Å². The van der Waals surface area contributed by atoms with Crippen LogP contribution in [0.15, 0.2) is 49.1 Å². The average Bonchev–Trinajstić information content (AvgIpc) is 3.10. The number of aromatic nitrogens is 4. The van der Waals surface area contributed by atoms with Gasteiger partial charge in [0.2, 0.25) is 0 Å². The molecule has 0 bridgehead atoms. The van der Waals surface area contributed by atoms with Gasteiger partial charge in [-0.3, -0.25) is 9.36 Å². The van der Waals surface area contributed by atoms with Crippen molar-refractivity contribution < 1.29 is 10.2 Å². The van der Waals surface area contributed by atoms with Crippen molar-refractivity contribution in [3.05, 3.63) is 60.2 Å². The van der Waals surface area contributed by atoms with Crippen molar-refractivity contribution in [2.75, 3.05) is 0 Å². The van der Waals surface area contributed by atoms with E-state index >= 15 is 0 Å². The summed E-state index contributed by atoms with van der Waals surface area (Å²) in [5, 5.41) is 27.0. The van der Waals surface area contributed by atoms with Crippen molar-refractivity contribution in [2.24, 2.45) is 0 Å². The third-order valence-electron chi connectivity index (χ3n) is 3.63. The summed E-state index contributed by atoms with van der Waals surface area (Å²) in [7, 11) is 0. The molecule has 0 radical (unpaired) electrons. The number of hydrogen-bond acceptors (Lipinski definition) is 4. The molecule has 2 aromatic heterocycles. The maximum atomic E-state index is 9.40. The molecule has 22 heavy (non-hydrogen) atoms. The summed E-state index contributed by atoms with van der Waals surface area (Å²) in [4.78, 5) is 0. The molecular weight excluding hydrogens is 280 g/mol. The molecule has 0 aliphatic rings. The summed E-state index contributed by atoms with van der Waals surface area (Å²) in [6.45, 7) is 2.66. The first-order chi connectivity index (χ1) is 10.6. The van der Waals surface area contributed by atoms with Crippen LogP contribution >= 0.6 is 0 Å². The quantitative estimate of drug-likeness (QED) is 0.758. The number of benzene rings is 1. The van der Waals surface area contributed by atoms with Crippen LogP contribution in [0.5, 0.6) is 11.5 Å². The van der Waals surface area contributed by atoms with E-state index in [1.165, 1.54) is 18.0 Å². The van der Waals surface area contributed by atoms with E-state index in [1.807, 2.05) is 12.1 Å². The molecule has 0 amide bonds. The highest BCUT2D eigenvalue weighted by atomic mass is 16.3.